The van der Waals surface area contributed by atoms with Crippen molar-refractivity contribution in [3.8, 4) is 22.6 Å². The number of benzene rings is 1. The van der Waals surface area contributed by atoms with Crippen LogP contribution in [-0.4, -0.2) is 39.0 Å². The van der Waals surface area contributed by atoms with Gasteiger partial charge in [-0.3, -0.25) is 0 Å². The number of esters is 1. The third kappa shape index (κ3) is 4.21. The van der Waals surface area contributed by atoms with Crippen LogP contribution in [0, 0.1) is 0 Å². The number of carbonyl (C=O) groups excluding carboxylic acids is 1. The molecule has 1 heterocycles. The zero-order valence-electron chi connectivity index (χ0n) is 14.5. The lowest BCUT2D eigenvalue weighted by molar-refractivity contribution is 0.0529. The summed E-state index contributed by atoms with van der Waals surface area (Å²) >= 11 is 6.52. The molecule has 0 saturated carbocycles. The molecule has 0 aliphatic heterocycles. The molecule has 2 aromatic rings. The standard InChI is InChI=1S/C17H20N2O4S2/c1-5-23-16(20)14-11(9-25-15(14)19-17(24)18-2)10-6-7-12(21-3)13(8-10)22-4/h6-9H,5H2,1-4H3,(H2,18,19,24). The van der Waals surface area contributed by atoms with E-state index in [0.29, 0.717) is 27.2 Å². The van der Waals surface area contributed by atoms with Crippen LogP contribution in [-0.2, 0) is 4.74 Å². The molecule has 0 aliphatic rings. The summed E-state index contributed by atoms with van der Waals surface area (Å²) in [6.07, 6.45) is 0. The Balaban J connectivity index is 2.53. The van der Waals surface area contributed by atoms with Gasteiger partial charge in [-0.05, 0) is 36.8 Å². The molecule has 8 heteroatoms. The van der Waals surface area contributed by atoms with E-state index >= 15 is 0 Å². The van der Waals surface area contributed by atoms with E-state index in [4.69, 9.17) is 26.4 Å². The van der Waals surface area contributed by atoms with E-state index in [1.54, 1.807) is 34.3 Å². The summed E-state index contributed by atoms with van der Waals surface area (Å²) in [5.41, 5.74) is 2.00. The first-order valence-corrected chi connectivity index (χ1v) is 8.84. The third-order valence-corrected chi connectivity index (χ3v) is 4.62. The Kier molecular flexibility index (Phi) is 6.60. The van der Waals surface area contributed by atoms with Crippen LogP contribution in [0.4, 0.5) is 5.00 Å². The zero-order valence-corrected chi connectivity index (χ0v) is 16.1. The number of anilines is 1. The van der Waals surface area contributed by atoms with E-state index < -0.39 is 5.97 Å². The highest BCUT2D eigenvalue weighted by molar-refractivity contribution is 7.80. The van der Waals surface area contributed by atoms with Gasteiger partial charge in [0, 0.05) is 18.0 Å². The van der Waals surface area contributed by atoms with Crippen molar-refractivity contribution in [3.63, 3.8) is 0 Å². The number of carbonyl (C=O) groups is 1. The maximum absolute atomic E-state index is 12.5. The second kappa shape index (κ2) is 8.68. The summed E-state index contributed by atoms with van der Waals surface area (Å²) in [6, 6.07) is 5.49. The van der Waals surface area contributed by atoms with E-state index in [9.17, 15) is 4.79 Å². The molecular weight excluding hydrogens is 360 g/mol. The van der Waals surface area contributed by atoms with Gasteiger partial charge in [0.1, 0.15) is 10.6 Å². The number of methoxy groups -OCH3 is 2. The summed E-state index contributed by atoms with van der Waals surface area (Å²) in [5, 5.41) is 8.79. The van der Waals surface area contributed by atoms with Gasteiger partial charge in [-0.2, -0.15) is 0 Å². The van der Waals surface area contributed by atoms with Crippen LogP contribution >= 0.6 is 23.6 Å². The minimum Gasteiger partial charge on any atom is -0.493 e. The average Bonchev–Trinajstić information content (AvgIpc) is 3.04. The number of thiophene rings is 1. The van der Waals surface area contributed by atoms with E-state index in [0.717, 1.165) is 11.1 Å². The Morgan fingerprint density at radius 3 is 2.56 bits per heavy atom. The predicted octanol–water partition coefficient (Wildman–Crippen LogP) is 3.53. The minimum absolute atomic E-state index is 0.288. The van der Waals surface area contributed by atoms with Crippen LogP contribution < -0.4 is 20.1 Å². The fourth-order valence-corrected chi connectivity index (χ4v) is 3.37. The molecule has 0 fully saturated rings. The molecule has 0 bridgehead atoms. The molecule has 0 spiro atoms. The number of nitrogens with one attached hydrogen (secondary N) is 2. The zero-order chi connectivity index (χ0) is 18.4. The summed E-state index contributed by atoms with van der Waals surface area (Å²) in [6.45, 7) is 2.06. The fraction of sp³-hybridized carbons (Fsp3) is 0.294. The Morgan fingerprint density at radius 1 is 1.24 bits per heavy atom. The van der Waals surface area contributed by atoms with E-state index in [1.165, 1.54) is 11.3 Å². The lowest BCUT2D eigenvalue weighted by Crippen LogP contribution is -2.24. The molecule has 1 aromatic heterocycles. The summed E-state index contributed by atoms with van der Waals surface area (Å²) in [4.78, 5) is 12.5. The highest BCUT2D eigenvalue weighted by Gasteiger charge is 2.22. The minimum atomic E-state index is -0.407. The van der Waals surface area contributed by atoms with Gasteiger partial charge in [-0.25, -0.2) is 4.79 Å². The molecule has 6 nitrogen and oxygen atoms in total. The van der Waals surface area contributed by atoms with Crippen molar-refractivity contribution in [1.29, 1.82) is 0 Å². The lowest BCUT2D eigenvalue weighted by atomic mass is 10.0. The highest BCUT2D eigenvalue weighted by atomic mass is 32.1. The normalized spacial score (nSPS) is 10.1. The third-order valence-electron chi connectivity index (χ3n) is 3.42. The molecule has 0 unspecified atom stereocenters. The molecule has 2 rings (SSSR count). The number of ether oxygens (including phenoxy) is 3. The van der Waals surface area contributed by atoms with Gasteiger partial charge in [-0.1, -0.05) is 6.07 Å². The Hall–Kier alpha value is -2.32. The molecule has 134 valence electrons. The first-order valence-electron chi connectivity index (χ1n) is 7.55. The molecule has 0 atom stereocenters. The van der Waals surface area contributed by atoms with Crippen molar-refractivity contribution in [2.45, 2.75) is 6.92 Å². The number of thiocarbonyl (C=S) groups is 1. The van der Waals surface area contributed by atoms with Gasteiger partial charge < -0.3 is 24.8 Å². The molecule has 2 N–H and O–H groups in total. The molecule has 0 amide bonds. The first-order chi connectivity index (χ1) is 12.0. The van der Waals surface area contributed by atoms with Crippen LogP contribution in [0.5, 0.6) is 11.5 Å². The molecule has 0 aliphatic carbocycles. The monoisotopic (exact) mass is 380 g/mol. The second-order valence-electron chi connectivity index (χ2n) is 4.85. The predicted molar refractivity (Wildman–Crippen MR) is 104 cm³/mol. The van der Waals surface area contributed by atoms with Gasteiger partial charge in [0.15, 0.2) is 16.6 Å². The fourth-order valence-electron chi connectivity index (χ4n) is 2.24. The number of hydrogen-bond acceptors (Lipinski definition) is 6. The van der Waals surface area contributed by atoms with Crippen molar-refractivity contribution < 1.29 is 19.0 Å². The first kappa shape index (κ1) is 19.0. The molecular formula is C17H20N2O4S2. The molecule has 0 saturated heterocycles. The van der Waals surface area contributed by atoms with Crippen LogP contribution in [0.25, 0.3) is 11.1 Å². The van der Waals surface area contributed by atoms with Gasteiger partial charge >= 0.3 is 5.97 Å². The maximum atomic E-state index is 12.5. The van der Waals surface area contributed by atoms with Gasteiger partial charge in [-0.15, -0.1) is 11.3 Å². The van der Waals surface area contributed by atoms with Crippen molar-refractivity contribution in [3.05, 3.63) is 29.1 Å². The van der Waals surface area contributed by atoms with Gasteiger partial charge in [0.25, 0.3) is 0 Å². The summed E-state index contributed by atoms with van der Waals surface area (Å²) < 4.78 is 15.8. The van der Waals surface area contributed by atoms with Crippen molar-refractivity contribution in [2.75, 3.05) is 33.2 Å². The molecule has 0 radical (unpaired) electrons. The van der Waals surface area contributed by atoms with Crippen LogP contribution in [0.2, 0.25) is 0 Å². The number of rotatable bonds is 6. The smallest absolute Gasteiger partial charge is 0.341 e. The second-order valence-corrected chi connectivity index (χ2v) is 6.14. The van der Waals surface area contributed by atoms with Gasteiger partial charge in [0.2, 0.25) is 0 Å². The average molecular weight is 380 g/mol. The van der Waals surface area contributed by atoms with Crippen LogP contribution in [0.15, 0.2) is 23.6 Å². The quantitative estimate of drug-likeness (QED) is 0.587. The maximum Gasteiger partial charge on any atom is 0.341 e. The van der Waals surface area contributed by atoms with Crippen LogP contribution in [0.3, 0.4) is 0 Å². The van der Waals surface area contributed by atoms with Crippen molar-refractivity contribution in [1.82, 2.24) is 5.32 Å². The van der Waals surface area contributed by atoms with Crippen molar-refractivity contribution >= 4 is 39.6 Å². The van der Waals surface area contributed by atoms with E-state index in [2.05, 4.69) is 10.6 Å². The Morgan fingerprint density at radius 2 is 1.96 bits per heavy atom. The molecule has 1 aromatic carbocycles. The topological polar surface area (TPSA) is 68.8 Å². The Bertz CT molecular complexity index is 774. The lowest BCUT2D eigenvalue weighted by Gasteiger charge is -2.12. The molecule has 25 heavy (non-hydrogen) atoms. The van der Waals surface area contributed by atoms with Crippen LogP contribution in [0.1, 0.15) is 17.3 Å². The van der Waals surface area contributed by atoms with Crippen molar-refractivity contribution in [2.24, 2.45) is 0 Å². The Labute approximate surface area is 156 Å². The van der Waals surface area contributed by atoms with Gasteiger partial charge in [0.05, 0.1) is 20.8 Å². The van der Waals surface area contributed by atoms with E-state index in [-0.39, 0.29) is 6.61 Å². The van der Waals surface area contributed by atoms with E-state index in [1.807, 2.05) is 17.5 Å². The summed E-state index contributed by atoms with van der Waals surface area (Å²) in [7, 11) is 4.86. The number of hydrogen-bond donors (Lipinski definition) is 2. The SMILES string of the molecule is CCOC(=O)c1c(-c2ccc(OC)c(OC)c2)csc1NC(=S)NC. The largest absolute Gasteiger partial charge is 0.493 e. The summed E-state index contributed by atoms with van der Waals surface area (Å²) in [5.74, 6) is 0.796. The highest BCUT2D eigenvalue weighted by Crippen LogP contribution is 2.39.